The Morgan fingerprint density at radius 2 is 2.00 bits per heavy atom. The van der Waals surface area contributed by atoms with E-state index in [0.717, 1.165) is 27.8 Å². The van der Waals surface area contributed by atoms with Crippen molar-refractivity contribution in [2.45, 2.75) is 90.6 Å². The number of benzene rings is 1. The molecule has 0 amide bonds. The van der Waals surface area contributed by atoms with Crippen LogP contribution in [0.25, 0.3) is 11.1 Å². The molecule has 0 spiro atoms. The fourth-order valence-electron chi connectivity index (χ4n) is 8.99. The van der Waals surface area contributed by atoms with E-state index in [1.165, 1.54) is 0 Å². The topological polar surface area (TPSA) is 109 Å². The van der Waals surface area contributed by atoms with Gasteiger partial charge >= 0.3 is 5.97 Å². The van der Waals surface area contributed by atoms with Crippen LogP contribution in [0.2, 0.25) is 0 Å². The first-order valence-electron chi connectivity index (χ1n) is 14.0. The van der Waals surface area contributed by atoms with Gasteiger partial charge in [-0.1, -0.05) is 34.6 Å². The molecule has 2 aromatic rings. The van der Waals surface area contributed by atoms with Crippen molar-refractivity contribution in [1.82, 2.24) is 0 Å². The Morgan fingerprint density at radius 1 is 1.26 bits per heavy atom. The number of aromatic hydroxyl groups is 1. The van der Waals surface area contributed by atoms with E-state index in [1.807, 2.05) is 26.8 Å². The highest BCUT2D eigenvalue weighted by atomic mass is 16.6. The summed E-state index contributed by atoms with van der Waals surface area (Å²) < 4.78 is 17.8. The number of furan rings is 1. The number of esters is 1. The van der Waals surface area contributed by atoms with Crippen molar-refractivity contribution in [2.75, 3.05) is 6.61 Å². The fourth-order valence-corrected chi connectivity index (χ4v) is 8.99. The first-order valence-corrected chi connectivity index (χ1v) is 14.0. The van der Waals surface area contributed by atoms with E-state index >= 15 is 0 Å². The predicted molar refractivity (Wildman–Crippen MR) is 141 cm³/mol. The highest BCUT2D eigenvalue weighted by Gasteiger charge is 2.75. The molecule has 0 radical (unpaired) electrons. The molecule has 3 fully saturated rings. The Balaban J connectivity index is 1.46. The summed E-state index contributed by atoms with van der Waals surface area (Å²) in [6.07, 6.45) is 2.33. The SMILES string of the molecule is CCC(C)C(=O)OC1CC(O)C2(C)C3C(OCC13C)C(O)C1(C)c3cc(O)c(-c4ccoc4)c(C)c3CC12. The van der Waals surface area contributed by atoms with Crippen LogP contribution in [0.3, 0.4) is 0 Å². The monoisotopic (exact) mass is 524 g/mol. The van der Waals surface area contributed by atoms with Gasteiger partial charge < -0.3 is 29.2 Å². The Morgan fingerprint density at radius 3 is 2.66 bits per heavy atom. The molecule has 4 aliphatic rings. The number of fused-ring (bicyclic) bond motifs is 4. The minimum Gasteiger partial charge on any atom is -0.507 e. The maximum Gasteiger partial charge on any atom is 0.308 e. The van der Waals surface area contributed by atoms with E-state index in [-0.39, 0.29) is 29.5 Å². The van der Waals surface area contributed by atoms with E-state index in [0.29, 0.717) is 25.9 Å². The first kappa shape index (κ1) is 25.9. The van der Waals surface area contributed by atoms with Gasteiger partial charge in [0.1, 0.15) is 11.9 Å². The van der Waals surface area contributed by atoms with Crippen LogP contribution in [-0.2, 0) is 26.1 Å². The average molecular weight is 525 g/mol. The van der Waals surface area contributed by atoms with E-state index in [4.69, 9.17) is 13.9 Å². The van der Waals surface area contributed by atoms with Crippen LogP contribution < -0.4 is 0 Å². The largest absolute Gasteiger partial charge is 0.507 e. The van der Waals surface area contributed by atoms with Gasteiger partial charge in [-0.2, -0.15) is 0 Å². The Bertz CT molecular complexity index is 1270. The summed E-state index contributed by atoms with van der Waals surface area (Å²) in [5.41, 5.74) is 2.69. The van der Waals surface area contributed by atoms with Crippen LogP contribution in [0.1, 0.15) is 64.2 Å². The van der Waals surface area contributed by atoms with E-state index in [9.17, 15) is 20.1 Å². The van der Waals surface area contributed by atoms with Crippen molar-refractivity contribution < 1.29 is 34.0 Å². The number of hydrogen-bond donors (Lipinski definition) is 3. The third-order valence-corrected chi connectivity index (χ3v) is 11.3. The summed E-state index contributed by atoms with van der Waals surface area (Å²) in [6, 6.07) is 3.64. The van der Waals surface area contributed by atoms with Crippen LogP contribution in [0.5, 0.6) is 5.75 Å². The molecule has 2 saturated carbocycles. The van der Waals surface area contributed by atoms with Gasteiger partial charge in [0, 0.05) is 39.7 Å². The van der Waals surface area contributed by atoms with Gasteiger partial charge in [-0.15, -0.1) is 0 Å². The van der Waals surface area contributed by atoms with Gasteiger partial charge in [-0.05, 0) is 54.5 Å². The molecule has 7 heteroatoms. The van der Waals surface area contributed by atoms with Crippen LogP contribution in [0.4, 0.5) is 0 Å². The molecule has 1 saturated heterocycles. The average Bonchev–Trinajstić information content (AvgIpc) is 3.60. The third-order valence-electron chi connectivity index (χ3n) is 11.3. The molecular weight excluding hydrogens is 484 g/mol. The van der Waals surface area contributed by atoms with Crippen molar-refractivity contribution in [3.63, 3.8) is 0 Å². The molecule has 10 atom stereocenters. The van der Waals surface area contributed by atoms with Crippen molar-refractivity contribution >= 4 is 5.97 Å². The molecule has 3 aliphatic carbocycles. The molecule has 0 bridgehead atoms. The van der Waals surface area contributed by atoms with Crippen LogP contribution in [0, 0.1) is 35.5 Å². The number of ether oxygens (including phenoxy) is 2. The van der Waals surface area contributed by atoms with E-state index in [1.54, 1.807) is 18.6 Å². The zero-order valence-corrected chi connectivity index (χ0v) is 23.2. The number of phenols is 1. The lowest BCUT2D eigenvalue weighted by molar-refractivity contribution is -0.237. The van der Waals surface area contributed by atoms with E-state index in [2.05, 4.69) is 20.8 Å². The first-order chi connectivity index (χ1) is 17.9. The highest BCUT2D eigenvalue weighted by molar-refractivity contribution is 5.76. The van der Waals surface area contributed by atoms with Gasteiger partial charge in [0.25, 0.3) is 0 Å². The Labute approximate surface area is 224 Å². The highest BCUT2D eigenvalue weighted by Crippen LogP contribution is 2.71. The van der Waals surface area contributed by atoms with Crippen molar-refractivity contribution in [3.8, 4) is 16.9 Å². The van der Waals surface area contributed by atoms with Crippen LogP contribution in [-0.4, -0.2) is 52.3 Å². The smallest absolute Gasteiger partial charge is 0.308 e. The number of aliphatic hydroxyl groups is 2. The Kier molecular flexibility index (Phi) is 5.67. The van der Waals surface area contributed by atoms with Crippen molar-refractivity contribution in [3.05, 3.63) is 41.3 Å². The summed E-state index contributed by atoms with van der Waals surface area (Å²) in [5.74, 6) is -0.598. The second-order valence-corrected chi connectivity index (χ2v) is 13.0. The summed E-state index contributed by atoms with van der Waals surface area (Å²) in [5, 5.41) is 35.1. The molecule has 38 heavy (non-hydrogen) atoms. The number of rotatable bonds is 4. The molecule has 1 aromatic carbocycles. The van der Waals surface area contributed by atoms with Gasteiger partial charge in [0.05, 0.1) is 43.4 Å². The minimum atomic E-state index is -0.844. The molecular formula is C31H40O7. The maximum absolute atomic E-state index is 12.8. The molecule has 206 valence electrons. The summed E-state index contributed by atoms with van der Waals surface area (Å²) in [7, 11) is 0. The zero-order valence-electron chi connectivity index (χ0n) is 23.2. The number of carbonyl (C=O) groups excluding carboxylic acids is 1. The normalized spacial score (nSPS) is 41.8. The second-order valence-electron chi connectivity index (χ2n) is 13.0. The molecule has 1 aliphatic heterocycles. The standard InChI is InChI=1S/C31H40O7/c1-7-15(2)28(35)38-23-12-22(33)31(6)21-10-18-16(3)24(17-8-9-36-13-17)20(32)11-19(18)30(21,5)27(34)25-26(31)29(23,4)14-37-25/h8-9,11,13,15,21-23,25-27,32-34H,7,10,12,14H2,1-6H3. The van der Waals surface area contributed by atoms with Gasteiger partial charge in [0.2, 0.25) is 0 Å². The number of phenolic OH excluding ortho intramolecular Hbond substituents is 1. The third kappa shape index (κ3) is 3.04. The lowest BCUT2D eigenvalue weighted by atomic mass is 9.41. The summed E-state index contributed by atoms with van der Waals surface area (Å²) in [4.78, 5) is 12.8. The zero-order chi connectivity index (χ0) is 27.4. The predicted octanol–water partition coefficient (Wildman–Crippen LogP) is 4.52. The molecule has 2 heterocycles. The molecule has 10 unspecified atom stereocenters. The van der Waals surface area contributed by atoms with Crippen LogP contribution in [0.15, 0.2) is 29.1 Å². The molecule has 3 N–H and O–H groups in total. The van der Waals surface area contributed by atoms with Crippen molar-refractivity contribution in [1.29, 1.82) is 0 Å². The van der Waals surface area contributed by atoms with Crippen molar-refractivity contribution in [2.24, 2.45) is 28.6 Å². The lowest BCUT2D eigenvalue weighted by Gasteiger charge is -2.64. The molecule has 7 nitrogen and oxygen atoms in total. The molecule has 6 rings (SSSR count). The maximum atomic E-state index is 12.8. The number of carbonyl (C=O) groups is 1. The number of aliphatic hydroxyl groups excluding tert-OH is 2. The van der Waals surface area contributed by atoms with E-state index < -0.39 is 40.7 Å². The second kappa shape index (κ2) is 8.33. The molecule has 1 aromatic heterocycles. The van der Waals surface area contributed by atoms with Gasteiger partial charge in [-0.25, -0.2) is 0 Å². The summed E-state index contributed by atoms with van der Waals surface area (Å²) in [6.45, 7) is 12.5. The fraction of sp³-hybridized carbons (Fsp3) is 0.645. The minimum absolute atomic E-state index is 0.0961. The van der Waals surface area contributed by atoms with Gasteiger partial charge in [0.15, 0.2) is 0 Å². The van der Waals surface area contributed by atoms with Gasteiger partial charge in [-0.3, -0.25) is 4.79 Å². The number of hydrogen-bond acceptors (Lipinski definition) is 7. The lowest BCUT2D eigenvalue weighted by Crippen LogP contribution is -2.71. The Hall–Kier alpha value is -2.35. The van der Waals surface area contributed by atoms with Crippen LogP contribution >= 0.6 is 0 Å². The summed E-state index contributed by atoms with van der Waals surface area (Å²) >= 11 is 0. The quantitative estimate of drug-likeness (QED) is 0.505.